The van der Waals surface area contributed by atoms with Gasteiger partial charge in [0.15, 0.2) is 0 Å². The summed E-state index contributed by atoms with van der Waals surface area (Å²) in [4.78, 5) is 18.4. The average molecular weight is 333 g/mol. The maximum atomic E-state index is 11.9. The van der Waals surface area contributed by atoms with Crippen LogP contribution in [0.1, 0.15) is 18.2 Å². The van der Waals surface area contributed by atoms with E-state index in [1.54, 1.807) is 0 Å². The van der Waals surface area contributed by atoms with Gasteiger partial charge in [-0.1, -0.05) is 11.3 Å². The second kappa shape index (κ2) is 7.77. The van der Waals surface area contributed by atoms with Crippen LogP contribution in [0, 0.1) is 0 Å². The lowest BCUT2D eigenvalue weighted by Crippen LogP contribution is -2.27. The second-order valence-corrected chi connectivity index (χ2v) is 6.72. The molecule has 1 aliphatic heterocycles. The molecule has 1 fully saturated rings. The number of benzene rings is 1. The molecular weight excluding hydrogens is 310 g/mol. The minimum atomic E-state index is 0.0110. The van der Waals surface area contributed by atoms with Crippen LogP contribution in [0.2, 0.25) is 0 Å². The van der Waals surface area contributed by atoms with Crippen molar-refractivity contribution in [1.82, 2.24) is 15.2 Å². The molecule has 0 saturated carbocycles. The van der Waals surface area contributed by atoms with Gasteiger partial charge in [-0.15, -0.1) is 0 Å². The minimum Gasteiger partial charge on any atom is -0.494 e. The SMILES string of the molecule is CCOc1ccc(-c2[nH]c(=O)sc2CN2CCCNCC2)cc1. The lowest BCUT2D eigenvalue weighted by molar-refractivity contribution is 0.287. The van der Waals surface area contributed by atoms with Crippen LogP contribution in [0.25, 0.3) is 11.3 Å². The summed E-state index contributed by atoms with van der Waals surface area (Å²) in [6.07, 6.45) is 1.15. The van der Waals surface area contributed by atoms with Crippen molar-refractivity contribution in [3.8, 4) is 17.0 Å². The third-order valence-corrected chi connectivity index (χ3v) is 4.84. The first-order valence-corrected chi connectivity index (χ1v) is 8.96. The molecule has 0 unspecified atom stereocenters. The Morgan fingerprint density at radius 3 is 2.83 bits per heavy atom. The van der Waals surface area contributed by atoms with E-state index in [-0.39, 0.29) is 4.87 Å². The third-order valence-electron chi connectivity index (χ3n) is 3.98. The van der Waals surface area contributed by atoms with Gasteiger partial charge in [0.1, 0.15) is 5.75 Å². The van der Waals surface area contributed by atoms with E-state index in [9.17, 15) is 4.79 Å². The largest absolute Gasteiger partial charge is 0.494 e. The van der Waals surface area contributed by atoms with Crippen molar-refractivity contribution in [3.63, 3.8) is 0 Å². The molecule has 1 aromatic carbocycles. The van der Waals surface area contributed by atoms with Gasteiger partial charge in [0.25, 0.3) is 0 Å². The van der Waals surface area contributed by atoms with E-state index in [1.165, 1.54) is 11.3 Å². The molecule has 0 amide bonds. The van der Waals surface area contributed by atoms with Gasteiger partial charge in [0, 0.05) is 24.5 Å². The van der Waals surface area contributed by atoms with E-state index in [0.29, 0.717) is 6.61 Å². The summed E-state index contributed by atoms with van der Waals surface area (Å²) in [5, 5.41) is 3.41. The van der Waals surface area contributed by atoms with Gasteiger partial charge in [-0.05, 0) is 56.3 Å². The highest BCUT2D eigenvalue weighted by Gasteiger charge is 2.15. The van der Waals surface area contributed by atoms with Crippen LogP contribution < -0.4 is 14.9 Å². The Labute approximate surface area is 140 Å². The number of aromatic nitrogens is 1. The highest BCUT2D eigenvalue weighted by atomic mass is 32.1. The molecule has 6 heteroatoms. The molecule has 0 atom stereocenters. The molecule has 5 nitrogen and oxygen atoms in total. The molecule has 0 spiro atoms. The summed E-state index contributed by atoms with van der Waals surface area (Å²) in [6, 6.07) is 7.93. The summed E-state index contributed by atoms with van der Waals surface area (Å²) >= 11 is 1.32. The number of H-pyrrole nitrogens is 1. The number of thiazole rings is 1. The first kappa shape index (κ1) is 16.2. The van der Waals surface area contributed by atoms with Crippen LogP contribution in [0.3, 0.4) is 0 Å². The van der Waals surface area contributed by atoms with Crippen LogP contribution >= 0.6 is 11.3 Å². The molecule has 3 rings (SSSR count). The second-order valence-electron chi connectivity index (χ2n) is 5.65. The van der Waals surface area contributed by atoms with Gasteiger partial charge >= 0.3 is 4.87 Å². The molecular formula is C17H23N3O2S. The summed E-state index contributed by atoms with van der Waals surface area (Å²) in [6.45, 7) is 7.63. The van der Waals surface area contributed by atoms with E-state index in [0.717, 1.165) is 61.0 Å². The lowest BCUT2D eigenvalue weighted by atomic mass is 10.1. The van der Waals surface area contributed by atoms with E-state index in [2.05, 4.69) is 15.2 Å². The van der Waals surface area contributed by atoms with Gasteiger partial charge < -0.3 is 15.0 Å². The number of rotatable bonds is 5. The quantitative estimate of drug-likeness (QED) is 0.881. The summed E-state index contributed by atoms with van der Waals surface area (Å²) in [5.74, 6) is 0.856. The van der Waals surface area contributed by atoms with Crippen LogP contribution in [0.5, 0.6) is 5.75 Å². The Hall–Kier alpha value is -1.63. The number of hydrogen-bond donors (Lipinski definition) is 2. The molecule has 2 N–H and O–H groups in total. The Kier molecular flexibility index (Phi) is 5.48. The van der Waals surface area contributed by atoms with Gasteiger partial charge in [0.05, 0.1) is 12.3 Å². The zero-order chi connectivity index (χ0) is 16.1. The Balaban J connectivity index is 1.80. The molecule has 124 valence electrons. The van der Waals surface area contributed by atoms with Crippen molar-refractivity contribution >= 4 is 11.3 Å². The standard InChI is InChI=1S/C17H23N3O2S/c1-2-22-14-6-4-13(5-7-14)16-15(23-17(21)19-16)12-20-10-3-8-18-9-11-20/h4-7,18H,2-3,8-12H2,1H3,(H,19,21). The van der Waals surface area contributed by atoms with Crippen molar-refractivity contribution in [1.29, 1.82) is 0 Å². The molecule has 1 aliphatic rings. The first-order chi connectivity index (χ1) is 11.3. The number of ether oxygens (including phenoxy) is 1. The van der Waals surface area contributed by atoms with Crippen molar-refractivity contribution in [3.05, 3.63) is 38.8 Å². The Bertz CT molecular complexity index is 670. The van der Waals surface area contributed by atoms with Crippen LogP contribution in [-0.4, -0.2) is 42.7 Å². The lowest BCUT2D eigenvalue weighted by Gasteiger charge is -2.19. The zero-order valence-electron chi connectivity index (χ0n) is 13.4. The van der Waals surface area contributed by atoms with Gasteiger partial charge in [0.2, 0.25) is 0 Å². The maximum absolute atomic E-state index is 11.9. The topological polar surface area (TPSA) is 57.4 Å². The van der Waals surface area contributed by atoms with E-state index in [1.807, 2.05) is 31.2 Å². The van der Waals surface area contributed by atoms with Crippen LogP contribution in [-0.2, 0) is 6.54 Å². The molecule has 0 radical (unpaired) electrons. The minimum absolute atomic E-state index is 0.0110. The monoisotopic (exact) mass is 333 g/mol. The highest BCUT2D eigenvalue weighted by molar-refractivity contribution is 7.09. The molecule has 2 heterocycles. The number of hydrogen-bond acceptors (Lipinski definition) is 5. The highest BCUT2D eigenvalue weighted by Crippen LogP contribution is 2.26. The van der Waals surface area contributed by atoms with Crippen molar-refractivity contribution in [2.75, 3.05) is 32.8 Å². The van der Waals surface area contributed by atoms with Gasteiger partial charge in [-0.25, -0.2) is 0 Å². The zero-order valence-corrected chi connectivity index (χ0v) is 14.2. The Morgan fingerprint density at radius 2 is 2.04 bits per heavy atom. The van der Waals surface area contributed by atoms with Crippen LogP contribution in [0.15, 0.2) is 29.1 Å². The fourth-order valence-corrected chi connectivity index (χ4v) is 3.75. The molecule has 1 aromatic heterocycles. The molecule has 0 bridgehead atoms. The normalized spacial score (nSPS) is 16.2. The fourth-order valence-electron chi connectivity index (χ4n) is 2.85. The third kappa shape index (κ3) is 4.22. The van der Waals surface area contributed by atoms with Gasteiger partial charge in [-0.3, -0.25) is 9.69 Å². The van der Waals surface area contributed by atoms with E-state index < -0.39 is 0 Å². The summed E-state index contributed by atoms with van der Waals surface area (Å²) < 4.78 is 5.48. The Morgan fingerprint density at radius 1 is 1.22 bits per heavy atom. The number of nitrogens with one attached hydrogen (secondary N) is 2. The molecule has 1 saturated heterocycles. The maximum Gasteiger partial charge on any atom is 0.305 e. The summed E-state index contributed by atoms with van der Waals surface area (Å²) in [7, 11) is 0. The average Bonchev–Trinajstić information content (AvgIpc) is 2.74. The van der Waals surface area contributed by atoms with Crippen molar-refractivity contribution < 1.29 is 4.74 Å². The first-order valence-electron chi connectivity index (χ1n) is 8.14. The smallest absolute Gasteiger partial charge is 0.305 e. The predicted molar refractivity (Wildman–Crippen MR) is 94.3 cm³/mol. The number of nitrogens with zero attached hydrogens (tertiary/aromatic N) is 1. The summed E-state index contributed by atoms with van der Waals surface area (Å²) in [5.41, 5.74) is 1.98. The van der Waals surface area contributed by atoms with Gasteiger partial charge in [-0.2, -0.15) is 0 Å². The van der Waals surface area contributed by atoms with E-state index >= 15 is 0 Å². The van der Waals surface area contributed by atoms with E-state index in [4.69, 9.17) is 4.74 Å². The van der Waals surface area contributed by atoms with Crippen LogP contribution in [0.4, 0.5) is 0 Å². The predicted octanol–water partition coefficient (Wildman–Crippen LogP) is 2.30. The molecule has 2 aromatic rings. The van der Waals surface area contributed by atoms with Crippen molar-refractivity contribution in [2.45, 2.75) is 19.9 Å². The fraction of sp³-hybridized carbons (Fsp3) is 0.471. The molecule has 23 heavy (non-hydrogen) atoms. The number of aromatic amines is 1. The molecule has 0 aliphatic carbocycles. The van der Waals surface area contributed by atoms with Crippen molar-refractivity contribution in [2.24, 2.45) is 0 Å².